The van der Waals surface area contributed by atoms with E-state index in [1.165, 1.54) is 18.7 Å². The van der Waals surface area contributed by atoms with Gasteiger partial charge in [0.1, 0.15) is 12.4 Å². The van der Waals surface area contributed by atoms with Crippen LogP contribution in [0.5, 0.6) is 0 Å². The predicted molar refractivity (Wildman–Crippen MR) is 110 cm³/mol. The summed E-state index contributed by atoms with van der Waals surface area (Å²) in [5, 5.41) is 2.72. The van der Waals surface area contributed by atoms with Gasteiger partial charge in [-0.25, -0.2) is 23.1 Å². The zero-order chi connectivity index (χ0) is 22.6. The Bertz CT molecular complexity index is 903. The molecule has 0 spiro atoms. The number of aromatic nitrogens is 2. The lowest BCUT2D eigenvalue weighted by atomic mass is 9.92. The number of carbonyl (C=O) groups excluding carboxylic acids is 2. The van der Waals surface area contributed by atoms with Crippen LogP contribution in [0.1, 0.15) is 42.9 Å². The van der Waals surface area contributed by atoms with Gasteiger partial charge in [-0.05, 0) is 31.9 Å². The van der Waals surface area contributed by atoms with E-state index in [2.05, 4.69) is 15.3 Å². The molecule has 1 heterocycles. The number of rotatable bonds is 6. The molecule has 3 rings (SSSR count). The number of hydrogen-bond acceptors (Lipinski definition) is 4. The van der Waals surface area contributed by atoms with E-state index in [9.17, 15) is 22.8 Å². The molecular weight excluding hydrogens is 433 g/mol. The molecule has 0 radical (unpaired) electrons. The van der Waals surface area contributed by atoms with Crippen LogP contribution in [-0.4, -0.2) is 39.4 Å². The second kappa shape index (κ2) is 9.64. The van der Waals surface area contributed by atoms with Crippen LogP contribution in [0.3, 0.4) is 0 Å². The van der Waals surface area contributed by atoms with E-state index in [0.29, 0.717) is 0 Å². The molecule has 2 amide bonds. The van der Waals surface area contributed by atoms with Gasteiger partial charge in [-0.3, -0.25) is 14.5 Å². The van der Waals surface area contributed by atoms with Crippen molar-refractivity contribution in [3.63, 3.8) is 0 Å². The molecule has 1 fully saturated rings. The number of aryl methyl sites for hydroxylation is 1. The number of nitrogens with one attached hydrogen (secondary N) is 1. The molecule has 1 aromatic carbocycles. The molecule has 1 aliphatic carbocycles. The summed E-state index contributed by atoms with van der Waals surface area (Å²) >= 11 is 5.46. The molecule has 10 heteroatoms. The minimum Gasteiger partial charge on any atom is -0.351 e. The number of nitrogens with zero attached hydrogens (tertiary/aromatic N) is 3. The van der Waals surface area contributed by atoms with Gasteiger partial charge in [-0.2, -0.15) is 0 Å². The quantitative estimate of drug-likeness (QED) is 0.667. The van der Waals surface area contributed by atoms with Crippen LogP contribution >= 0.6 is 11.6 Å². The molecule has 2 atom stereocenters. The van der Waals surface area contributed by atoms with Crippen LogP contribution in [0.15, 0.2) is 43.0 Å². The van der Waals surface area contributed by atoms with Crippen LogP contribution in [0.4, 0.5) is 18.9 Å². The van der Waals surface area contributed by atoms with Gasteiger partial charge in [0.15, 0.2) is 0 Å². The molecule has 31 heavy (non-hydrogen) atoms. The fraction of sp³-hybridized carbons (Fsp3) is 0.429. The largest absolute Gasteiger partial charge is 0.351 e. The summed E-state index contributed by atoms with van der Waals surface area (Å²) in [7, 11) is 0. The topological polar surface area (TPSA) is 75.2 Å². The van der Waals surface area contributed by atoms with Gasteiger partial charge in [-0.1, -0.05) is 29.3 Å². The number of amides is 2. The Morgan fingerprint density at radius 2 is 1.74 bits per heavy atom. The third-order valence-corrected chi connectivity index (χ3v) is 5.39. The molecule has 1 N–H and O–H groups in total. The highest BCUT2D eigenvalue weighted by Crippen LogP contribution is 2.34. The standard InChI is InChI=1S/C21H22ClF3N4O2/c1-13-2-4-16(5-3-13)29(20(31)18(22)23)17(14-10-26-12-27-11-14)19(30)28-15-6-8-21(24,25)9-7-15/h2-5,10-12,15,17-18H,6-9H2,1H3,(H,28,30)/t17-,18-/m0/s1. The third-order valence-electron chi connectivity index (χ3n) is 5.20. The number of halogens is 4. The van der Waals surface area contributed by atoms with E-state index in [0.717, 1.165) is 10.5 Å². The molecule has 2 aromatic rings. The first-order valence-electron chi connectivity index (χ1n) is 9.79. The van der Waals surface area contributed by atoms with Crippen LogP contribution in [0.25, 0.3) is 0 Å². The first-order valence-corrected chi connectivity index (χ1v) is 10.2. The molecular formula is C21H22ClF3N4O2. The fourth-order valence-electron chi connectivity index (χ4n) is 3.55. The van der Waals surface area contributed by atoms with E-state index in [1.807, 2.05) is 6.92 Å². The smallest absolute Gasteiger partial charge is 0.278 e. The second-order valence-electron chi connectivity index (χ2n) is 7.56. The lowest BCUT2D eigenvalue weighted by Crippen LogP contribution is -2.49. The monoisotopic (exact) mass is 454 g/mol. The molecule has 0 aliphatic heterocycles. The lowest BCUT2D eigenvalue weighted by Gasteiger charge is -2.34. The molecule has 0 unspecified atom stereocenters. The van der Waals surface area contributed by atoms with Crippen LogP contribution in [0, 0.1) is 6.92 Å². The normalized spacial score (nSPS) is 18.1. The molecule has 166 valence electrons. The van der Waals surface area contributed by atoms with Gasteiger partial charge in [0.25, 0.3) is 11.5 Å². The van der Waals surface area contributed by atoms with Crippen molar-refractivity contribution in [2.24, 2.45) is 0 Å². The maximum Gasteiger partial charge on any atom is 0.278 e. The minimum atomic E-state index is -2.75. The zero-order valence-corrected chi connectivity index (χ0v) is 17.5. The number of benzene rings is 1. The highest BCUT2D eigenvalue weighted by Gasteiger charge is 2.39. The maximum absolute atomic E-state index is 13.9. The summed E-state index contributed by atoms with van der Waals surface area (Å²) in [6.07, 6.45) is 3.42. The van der Waals surface area contributed by atoms with Crippen molar-refractivity contribution in [1.29, 1.82) is 0 Å². The van der Waals surface area contributed by atoms with Crippen LogP contribution in [-0.2, 0) is 9.59 Å². The SMILES string of the molecule is Cc1ccc(N(C(=O)[C@H](F)Cl)[C@H](C(=O)NC2CCC(F)(F)CC2)c2cncnc2)cc1. The molecule has 1 aliphatic rings. The summed E-state index contributed by atoms with van der Waals surface area (Å²) in [5.41, 5.74) is -1.02. The van der Waals surface area contributed by atoms with E-state index in [1.54, 1.807) is 24.3 Å². The summed E-state index contributed by atoms with van der Waals surface area (Å²) in [4.78, 5) is 34.7. The Balaban J connectivity index is 1.96. The predicted octanol–water partition coefficient (Wildman–Crippen LogP) is 4.09. The molecule has 1 saturated carbocycles. The molecule has 6 nitrogen and oxygen atoms in total. The molecule has 0 bridgehead atoms. The number of hydrogen-bond donors (Lipinski definition) is 1. The molecule has 0 saturated heterocycles. The van der Waals surface area contributed by atoms with Gasteiger partial charge in [0.2, 0.25) is 11.8 Å². The zero-order valence-electron chi connectivity index (χ0n) is 16.8. The van der Waals surface area contributed by atoms with E-state index in [4.69, 9.17) is 11.6 Å². The van der Waals surface area contributed by atoms with Gasteiger partial charge < -0.3 is 5.32 Å². The maximum atomic E-state index is 13.9. The Kier molecular flexibility index (Phi) is 7.15. The summed E-state index contributed by atoms with van der Waals surface area (Å²) in [6, 6.07) is 4.71. The average molecular weight is 455 g/mol. The van der Waals surface area contributed by atoms with Crippen LogP contribution in [0.2, 0.25) is 0 Å². The average Bonchev–Trinajstić information content (AvgIpc) is 2.74. The first-order chi connectivity index (χ1) is 14.7. The van der Waals surface area contributed by atoms with Crippen LogP contribution < -0.4 is 10.2 Å². The fourth-order valence-corrected chi connectivity index (χ4v) is 3.65. The number of anilines is 1. The van der Waals surface area contributed by atoms with Crippen molar-refractivity contribution in [3.8, 4) is 0 Å². The summed E-state index contributed by atoms with van der Waals surface area (Å²) in [6.45, 7) is 1.84. The van der Waals surface area contributed by atoms with E-state index < -0.39 is 35.5 Å². The Morgan fingerprint density at radius 3 is 2.29 bits per heavy atom. The molecule has 1 aromatic heterocycles. The Hall–Kier alpha value is -2.68. The first kappa shape index (κ1) is 23.0. The highest BCUT2D eigenvalue weighted by molar-refractivity contribution is 6.32. The van der Waals surface area contributed by atoms with Crippen molar-refractivity contribution in [3.05, 3.63) is 54.1 Å². The minimum absolute atomic E-state index is 0.0937. The highest BCUT2D eigenvalue weighted by atomic mass is 35.5. The second-order valence-corrected chi connectivity index (χ2v) is 7.94. The van der Waals surface area contributed by atoms with Crippen molar-refractivity contribution in [1.82, 2.24) is 15.3 Å². The van der Waals surface area contributed by atoms with Gasteiger partial charge in [0, 0.05) is 42.5 Å². The summed E-state index contributed by atoms with van der Waals surface area (Å²) < 4.78 is 40.9. The van der Waals surface area contributed by atoms with Crippen molar-refractivity contribution < 1.29 is 22.8 Å². The number of alkyl halides is 4. The number of carbonyl (C=O) groups is 2. The lowest BCUT2D eigenvalue weighted by molar-refractivity contribution is -0.128. The summed E-state index contributed by atoms with van der Waals surface area (Å²) in [5.74, 6) is -4.54. The Morgan fingerprint density at radius 1 is 1.16 bits per heavy atom. The van der Waals surface area contributed by atoms with Gasteiger partial charge in [0.05, 0.1) is 0 Å². The van der Waals surface area contributed by atoms with Gasteiger partial charge >= 0.3 is 0 Å². The van der Waals surface area contributed by atoms with Crippen molar-refractivity contribution >= 4 is 29.1 Å². The van der Waals surface area contributed by atoms with Crippen molar-refractivity contribution in [2.45, 2.75) is 56.2 Å². The van der Waals surface area contributed by atoms with E-state index >= 15 is 0 Å². The third kappa shape index (κ3) is 5.72. The van der Waals surface area contributed by atoms with Gasteiger partial charge in [-0.15, -0.1) is 0 Å². The van der Waals surface area contributed by atoms with E-state index in [-0.39, 0.29) is 36.9 Å². The van der Waals surface area contributed by atoms with Crippen molar-refractivity contribution in [2.75, 3.05) is 4.90 Å². The Labute approximate surface area is 182 Å².